The molecule has 2 rings (SSSR count). The Hall–Kier alpha value is -1.16. The highest BCUT2D eigenvalue weighted by molar-refractivity contribution is 5.38. The molecule has 0 spiro atoms. The summed E-state index contributed by atoms with van der Waals surface area (Å²) < 4.78 is 5.37. The molecule has 16 heavy (non-hydrogen) atoms. The first kappa shape index (κ1) is 11.3. The van der Waals surface area contributed by atoms with Gasteiger partial charge in [0.25, 0.3) is 0 Å². The molecular weight excluding hydrogens is 202 g/mol. The lowest BCUT2D eigenvalue weighted by Gasteiger charge is -2.21. The number of nitrogens with zero attached hydrogens (tertiary/aromatic N) is 2. The van der Waals surface area contributed by atoms with Crippen LogP contribution in [-0.2, 0) is 4.74 Å². The fraction of sp³-hybridized carbons (Fsp3) is 0.667. The summed E-state index contributed by atoms with van der Waals surface area (Å²) in [6.07, 6.45) is 2.69. The van der Waals surface area contributed by atoms with Gasteiger partial charge in [-0.25, -0.2) is 9.97 Å². The van der Waals surface area contributed by atoms with Crippen LogP contribution in [-0.4, -0.2) is 28.7 Å². The Bertz CT molecular complexity index is 354. The van der Waals surface area contributed by atoms with Crippen molar-refractivity contribution in [3.63, 3.8) is 0 Å². The third-order valence-electron chi connectivity index (χ3n) is 2.54. The lowest BCUT2D eigenvalue weighted by molar-refractivity contribution is 0.193. The fourth-order valence-electron chi connectivity index (χ4n) is 1.82. The van der Waals surface area contributed by atoms with Crippen molar-refractivity contribution < 1.29 is 4.74 Å². The van der Waals surface area contributed by atoms with Crippen LogP contribution in [0.4, 0.5) is 5.82 Å². The second kappa shape index (κ2) is 4.37. The van der Waals surface area contributed by atoms with Crippen molar-refractivity contribution in [1.29, 1.82) is 0 Å². The molecule has 1 aliphatic rings. The van der Waals surface area contributed by atoms with E-state index in [4.69, 9.17) is 4.74 Å². The monoisotopic (exact) mass is 221 g/mol. The number of rotatable bonds is 2. The number of ether oxygens (including phenoxy) is 1. The molecule has 1 N–H and O–H groups in total. The van der Waals surface area contributed by atoms with Crippen molar-refractivity contribution in [3.05, 3.63) is 18.1 Å². The van der Waals surface area contributed by atoms with Crippen molar-refractivity contribution >= 4 is 5.82 Å². The van der Waals surface area contributed by atoms with Crippen LogP contribution in [0.15, 0.2) is 12.4 Å². The van der Waals surface area contributed by atoms with Crippen LogP contribution in [0, 0.1) is 0 Å². The molecule has 0 aromatic carbocycles. The Labute approximate surface area is 96.4 Å². The summed E-state index contributed by atoms with van der Waals surface area (Å²) in [4.78, 5) is 8.55. The topological polar surface area (TPSA) is 47.0 Å². The van der Waals surface area contributed by atoms with Gasteiger partial charge >= 0.3 is 0 Å². The minimum absolute atomic E-state index is 0.0256. The molecule has 0 aliphatic carbocycles. The van der Waals surface area contributed by atoms with E-state index in [1.54, 1.807) is 6.33 Å². The molecule has 0 amide bonds. The van der Waals surface area contributed by atoms with Gasteiger partial charge in [-0.1, -0.05) is 0 Å². The van der Waals surface area contributed by atoms with E-state index in [0.29, 0.717) is 5.92 Å². The first-order valence-corrected chi connectivity index (χ1v) is 5.72. The largest absolute Gasteiger partial charge is 0.381 e. The smallest absolute Gasteiger partial charge is 0.130 e. The minimum Gasteiger partial charge on any atom is -0.381 e. The predicted molar refractivity (Wildman–Crippen MR) is 63.6 cm³/mol. The van der Waals surface area contributed by atoms with Crippen LogP contribution in [0.2, 0.25) is 0 Å². The molecule has 1 unspecified atom stereocenters. The average Bonchev–Trinajstić information content (AvgIpc) is 2.68. The zero-order valence-corrected chi connectivity index (χ0v) is 10.2. The molecule has 4 nitrogen and oxygen atoms in total. The van der Waals surface area contributed by atoms with Gasteiger partial charge in [-0.05, 0) is 27.2 Å². The SMILES string of the molecule is CC(C)(C)Nc1cc(C2CCOC2)ncn1. The van der Waals surface area contributed by atoms with Crippen molar-refractivity contribution in [3.8, 4) is 0 Å². The Balaban J connectivity index is 2.12. The van der Waals surface area contributed by atoms with E-state index < -0.39 is 0 Å². The Morgan fingerprint density at radius 3 is 2.81 bits per heavy atom. The minimum atomic E-state index is 0.0256. The molecule has 88 valence electrons. The summed E-state index contributed by atoms with van der Waals surface area (Å²) in [6.45, 7) is 7.98. The average molecular weight is 221 g/mol. The second-order valence-electron chi connectivity index (χ2n) is 5.26. The summed E-state index contributed by atoms with van der Waals surface area (Å²) in [7, 11) is 0. The van der Waals surface area contributed by atoms with Crippen molar-refractivity contribution in [1.82, 2.24) is 9.97 Å². The second-order valence-corrected chi connectivity index (χ2v) is 5.26. The van der Waals surface area contributed by atoms with Crippen LogP contribution in [0.1, 0.15) is 38.8 Å². The predicted octanol–water partition coefficient (Wildman–Crippen LogP) is 2.19. The van der Waals surface area contributed by atoms with Crippen molar-refractivity contribution in [2.45, 2.75) is 38.6 Å². The maximum absolute atomic E-state index is 5.37. The van der Waals surface area contributed by atoms with E-state index in [1.807, 2.05) is 6.07 Å². The molecule has 1 aromatic rings. The van der Waals surface area contributed by atoms with Crippen LogP contribution >= 0.6 is 0 Å². The Morgan fingerprint density at radius 2 is 2.19 bits per heavy atom. The number of anilines is 1. The highest BCUT2D eigenvalue weighted by atomic mass is 16.5. The van der Waals surface area contributed by atoms with Gasteiger partial charge in [-0.2, -0.15) is 0 Å². The number of nitrogens with one attached hydrogen (secondary N) is 1. The molecule has 1 aromatic heterocycles. The molecule has 1 atom stereocenters. The lowest BCUT2D eigenvalue weighted by atomic mass is 10.0. The van der Waals surface area contributed by atoms with Crippen LogP contribution in [0.25, 0.3) is 0 Å². The van der Waals surface area contributed by atoms with E-state index in [0.717, 1.165) is 31.1 Å². The molecule has 1 aliphatic heterocycles. The van der Waals surface area contributed by atoms with E-state index in [9.17, 15) is 0 Å². The van der Waals surface area contributed by atoms with E-state index in [2.05, 4.69) is 36.1 Å². The summed E-state index contributed by atoms with van der Waals surface area (Å²) in [5.41, 5.74) is 1.11. The van der Waals surface area contributed by atoms with Gasteiger partial charge in [0.05, 0.1) is 12.3 Å². The first-order valence-electron chi connectivity index (χ1n) is 5.72. The molecule has 0 bridgehead atoms. The van der Waals surface area contributed by atoms with Crippen molar-refractivity contribution in [2.24, 2.45) is 0 Å². The molecular formula is C12H19N3O. The molecule has 0 radical (unpaired) electrons. The zero-order valence-electron chi connectivity index (χ0n) is 10.2. The van der Waals surface area contributed by atoms with Gasteiger partial charge in [0, 0.05) is 24.1 Å². The standard InChI is InChI=1S/C12H19N3O/c1-12(2,3)15-11-6-10(13-8-14-11)9-4-5-16-7-9/h6,8-9H,4-5,7H2,1-3H3,(H,13,14,15). The van der Waals surface area contributed by atoms with Gasteiger partial charge in [-0.3, -0.25) is 0 Å². The number of hydrogen-bond acceptors (Lipinski definition) is 4. The van der Waals surface area contributed by atoms with Gasteiger partial charge in [0.2, 0.25) is 0 Å². The van der Waals surface area contributed by atoms with Gasteiger partial charge < -0.3 is 10.1 Å². The van der Waals surface area contributed by atoms with Crippen LogP contribution in [0.3, 0.4) is 0 Å². The zero-order chi connectivity index (χ0) is 11.6. The summed E-state index contributed by atoms with van der Waals surface area (Å²) in [5, 5.41) is 3.35. The highest BCUT2D eigenvalue weighted by Gasteiger charge is 2.20. The van der Waals surface area contributed by atoms with Gasteiger partial charge in [-0.15, -0.1) is 0 Å². The normalized spacial score (nSPS) is 21.1. The van der Waals surface area contributed by atoms with Crippen LogP contribution in [0.5, 0.6) is 0 Å². The first-order chi connectivity index (χ1) is 7.54. The molecule has 1 fully saturated rings. The summed E-state index contributed by atoms with van der Waals surface area (Å²) >= 11 is 0. The quantitative estimate of drug-likeness (QED) is 0.831. The lowest BCUT2D eigenvalue weighted by Crippen LogP contribution is -2.26. The highest BCUT2D eigenvalue weighted by Crippen LogP contribution is 2.24. The maximum Gasteiger partial charge on any atom is 0.130 e. The van der Waals surface area contributed by atoms with Crippen LogP contribution < -0.4 is 5.32 Å². The number of aromatic nitrogens is 2. The number of hydrogen-bond donors (Lipinski definition) is 1. The van der Waals surface area contributed by atoms with E-state index >= 15 is 0 Å². The molecule has 2 heterocycles. The van der Waals surface area contributed by atoms with Crippen molar-refractivity contribution in [2.75, 3.05) is 18.5 Å². The third-order valence-corrected chi connectivity index (χ3v) is 2.54. The fourth-order valence-corrected chi connectivity index (χ4v) is 1.82. The molecule has 4 heteroatoms. The van der Waals surface area contributed by atoms with Gasteiger partial charge in [0.15, 0.2) is 0 Å². The van der Waals surface area contributed by atoms with E-state index in [-0.39, 0.29) is 5.54 Å². The third kappa shape index (κ3) is 2.92. The maximum atomic E-state index is 5.37. The summed E-state index contributed by atoms with van der Waals surface area (Å²) in [6, 6.07) is 2.03. The summed E-state index contributed by atoms with van der Waals surface area (Å²) in [5.74, 6) is 1.33. The molecule has 1 saturated heterocycles. The molecule has 0 saturated carbocycles. The van der Waals surface area contributed by atoms with Gasteiger partial charge in [0.1, 0.15) is 12.1 Å². The Morgan fingerprint density at radius 1 is 1.38 bits per heavy atom. The van der Waals surface area contributed by atoms with E-state index in [1.165, 1.54) is 0 Å². The Kier molecular flexibility index (Phi) is 3.10.